The van der Waals surface area contributed by atoms with Crippen molar-refractivity contribution in [3.8, 4) is 16.9 Å². The van der Waals surface area contributed by atoms with Crippen molar-refractivity contribution < 1.29 is 32.6 Å². The van der Waals surface area contributed by atoms with Crippen LogP contribution in [0.3, 0.4) is 0 Å². The molecule has 3 aromatic rings. The molecule has 0 aromatic heterocycles. The largest absolute Gasteiger partial charge is 0.492 e. The summed E-state index contributed by atoms with van der Waals surface area (Å²) in [6.07, 6.45) is -2.52. The number of hydrogen-bond donors (Lipinski definition) is 3. The molecule has 3 N–H and O–H groups in total. The molecule has 3 aromatic carbocycles. The van der Waals surface area contributed by atoms with Gasteiger partial charge in [0.25, 0.3) is 0 Å². The molecule has 7 nitrogen and oxygen atoms in total. The highest BCUT2D eigenvalue weighted by Crippen LogP contribution is 2.22. The molecule has 0 spiro atoms. The number of nitrogens with zero attached hydrogens (tertiary/aromatic N) is 1. The maximum Gasteiger partial charge on any atom is 0.490 e. The van der Waals surface area contributed by atoms with Crippen LogP contribution in [-0.2, 0) is 4.79 Å². The molecule has 1 saturated heterocycles. The number of aliphatic carboxylic acids is 1. The van der Waals surface area contributed by atoms with Crippen molar-refractivity contribution in [2.24, 2.45) is 0 Å². The van der Waals surface area contributed by atoms with Gasteiger partial charge in [0.05, 0.1) is 0 Å². The van der Waals surface area contributed by atoms with Crippen LogP contribution in [-0.4, -0.2) is 54.4 Å². The molecule has 10 heteroatoms. The van der Waals surface area contributed by atoms with E-state index in [1.54, 1.807) is 0 Å². The zero-order valence-electron chi connectivity index (χ0n) is 20.0. The molecule has 2 amide bonds. The average molecular weight is 516 g/mol. The first-order valence-corrected chi connectivity index (χ1v) is 11.7. The predicted octanol–water partition coefficient (Wildman–Crippen LogP) is 6.11. The molecule has 1 heterocycles. The first-order chi connectivity index (χ1) is 17.7. The molecule has 0 bridgehead atoms. The molecular formula is C27H28F3N3O4. The van der Waals surface area contributed by atoms with E-state index in [-0.39, 0.29) is 6.03 Å². The van der Waals surface area contributed by atoms with Gasteiger partial charge < -0.3 is 20.5 Å². The lowest BCUT2D eigenvalue weighted by Crippen LogP contribution is -2.25. The number of likely N-dealkylation sites (tertiary alicyclic amines) is 1. The highest BCUT2D eigenvalue weighted by atomic mass is 19.4. The van der Waals surface area contributed by atoms with E-state index >= 15 is 0 Å². The summed E-state index contributed by atoms with van der Waals surface area (Å²) in [4.78, 5) is 23.7. The lowest BCUT2D eigenvalue weighted by Gasteiger charge is -2.15. The van der Waals surface area contributed by atoms with Gasteiger partial charge in [-0.05, 0) is 61.3 Å². The minimum Gasteiger partial charge on any atom is -0.492 e. The van der Waals surface area contributed by atoms with Crippen molar-refractivity contribution in [2.75, 3.05) is 36.9 Å². The Labute approximate surface area is 212 Å². The summed E-state index contributed by atoms with van der Waals surface area (Å²) in [5.41, 5.74) is 3.70. The van der Waals surface area contributed by atoms with Crippen LogP contribution in [0.15, 0.2) is 78.9 Å². The van der Waals surface area contributed by atoms with Crippen LogP contribution in [0, 0.1) is 0 Å². The van der Waals surface area contributed by atoms with Gasteiger partial charge in [0.15, 0.2) is 0 Å². The minimum atomic E-state index is -5.08. The number of rotatable bonds is 7. The molecule has 0 atom stereocenters. The summed E-state index contributed by atoms with van der Waals surface area (Å²) in [6, 6.07) is 25.2. The number of amides is 2. The van der Waals surface area contributed by atoms with Gasteiger partial charge in [-0.2, -0.15) is 13.2 Å². The normalized spacial score (nSPS) is 13.3. The zero-order valence-corrected chi connectivity index (χ0v) is 20.0. The monoisotopic (exact) mass is 515 g/mol. The standard InChI is InChI=1S/C25H27N3O2.C2HF3O2/c29-25(26-22-13-11-21(12-14-22)20-7-2-1-3-8-20)27-23-9-6-10-24(19-23)30-18-17-28-15-4-5-16-28;3-2(4,5)1(6)7/h1-3,6-14,19H,4-5,15-18H2,(H2,26,27,29);(H,6,7). The molecular weight excluding hydrogens is 487 g/mol. The number of carboxylic acids is 1. The molecule has 0 radical (unpaired) electrons. The first kappa shape index (κ1) is 27.5. The molecule has 0 saturated carbocycles. The second-order valence-corrected chi connectivity index (χ2v) is 8.25. The first-order valence-electron chi connectivity index (χ1n) is 11.7. The number of halogens is 3. The topological polar surface area (TPSA) is 90.9 Å². The van der Waals surface area contributed by atoms with Gasteiger partial charge in [-0.3, -0.25) is 4.90 Å². The lowest BCUT2D eigenvalue weighted by molar-refractivity contribution is -0.192. The summed E-state index contributed by atoms with van der Waals surface area (Å²) < 4.78 is 37.6. The number of carbonyl (C=O) groups excluding carboxylic acids is 1. The molecule has 0 unspecified atom stereocenters. The molecule has 1 aliphatic rings. The number of hydrogen-bond acceptors (Lipinski definition) is 4. The second kappa shape index (κ2) is 13.3. The van der Waals surface area contributed by atoms with Crippen molar-refractivity contribution in [2.45, 2.75) is 19.0 Å². The van der Waals surface area contributed by atoms with Crippen LogP contribution >= 0.6 is 0 Å². The van der Waals surface area contributed by atoms with Crippen LogP contribution in [0.25, 0.3) is 11.1 Å². The highest BCUT2D eigenvalue weighted by molar-refractivity contribution is 6.00. The number of ether oxygens (including phenoxy) is 1. The minimum absolute atomic E-state index is 0.281. The molecule has 1 fully saturated rings. The van der Waals surface area contributed by atoms with Crippen LogP contribution < -0.4 is 15.4 Å². The third-order valence-electron chi connectivity index (χ3n) is 5.46. The van der Waals surface area contributed by atoms with E-state index in [0.717, 1.165) is 42.2 Å². The summed E-state index contributed by atoms with van der Waals surface area (Å²) in [5, 5.41) is 12.9. The molecule has 37 heavy (non-hydrogen) atoms. The Morgan fingerprint density at radius 1 is 0.838 bits per heavy atom. The van der Waals surface area contributed by atoms with E-state index in [9.17, 15) is 18.0 Å². The molecule has 1 aliphatic heterocycles. The highest BCUT2D eigenvalue weighted by Gasteiger charge is 2.38. The van der Waals surface area contributed by atoms with Crippen molar-refractivity contribution >= 4 is 23.4 Å². The Morgan fingerprint density at radius 2 is 1.43 bits per heavy atom. The van der Waals surface area contributed by atoms with Gasteiger partial charge in [0.2, 0.25) is 0 Å². The fraction of sp³-hybridized carbons (Fsp3) is 0.259. The van der Waals surface area contributed by atoms with Gasteiger partial charge in [0.1, 0.15) is 12.4 Å². The third kappa shape index (κ3) is 9.49. The second-order valence-electron chi connectivity index (χ2n) is 8.25. The molecule has 4 rings (SSSR count). The fourth-order valence-corrected chi connectivity index (χ4v) is 3.63. The van der Waals surface area contributed by atoms with E-state index in [0.29, 0.717) is 12.3 Å². The number of anilines is 2. The van der Waals surface area contributed by atoms with Crippen LogP contribution in [0.2, 0.25) is 0 Å². The SMILES string of the molecule is O=C(Nc1ccc(-c2ccccc2)cc1)Nc1cccc(OCCN2CCCC2)c1.O=C(O)C(F)(F)F. The van der Waals surface area contributed by atoms with E-state index in [1.165, 1.54) is 12.8 Å². The number of nitrogens with one attached hydrogen (secondary N) is 2. The van der Waals surface area contributed by atoms with Crippen molar-refractivity contribution in [3.05, 3.63) is 78.9 Å². The average Bonchev–Trinajstić information content (AvgIpc) is 3.39. The van der Waals surface area contributed by atoms with E-state index in [1.807, 2.05) is 66.7 Å². The van der Waals surface area contributed by atoms with Crippen molar-refractivity contribution in [3.63, 3.8) is 0 Å². The van der Waals surface area contributed by atoms with E-state index in [2.05, 4.69) is 27.7 Å². The van der Waals surface area contributed by atoms with Crippen LogP contribution in [0.4, 0.5) is 29.3 Å². The Morgan fingerprint density at radius 3 is 2.05 bits per heavy atom. The van der Waals surface area contributed by atoms with Gasteiger partial charge in [-0.15, -0.1) is 0 Å². The van der Waals surface area contributed by atoms with Crippen molar-refractivity contribution in [1.29, 1.82) is 0 Å². The Hall–Kier alpha value is -4.05. The summed E-state index contributed by atoms with van der Waals surface area (Å²) in [6.45, 7) is 3.93. The van der Waals surface area contributed by atoms with E-state index < -0.39 is 12.1 Å². The number of carboxylic acid groups (broad SMARTS) is 1. The van der Waals surface area contributed by atoms with E-state index in [4.69, 9.17) is 14.6 Å². The maximum atomic E-state index is 12.4. The summed E-state index contributed by atoms with van der Waals surface area (Å²) >= 11 is 0. The van der Waals surface area contributed by atoms with Crippen LogP contribution in [0.1, 0.15) is 12.8 Å². The third-order valence-corrected chi connectivity index (χ3v) is 5.46. The number of alkyl halides is 3. The number of urea groups is 1. The maximum absolute atomic E-state index is 12.4. The number of benzene rings is 3. The Balaban J connectivity index is 0.000000479. The van der Waals surface area contributed by atoms with Crippen molar-refractivity contribution in [1.82, 2.24) is 4.90 Å². The quantitative estimate of drug-likeness (QED) is 0.354. The summed E-state index contributed by atoms with van der Waals surface area (Å²) in [5.74, 6) is -1.99. The Kier molecular flexibility index (Phi) is 9.91. The lowest BCUT2D eigenvalue weighted by atomic mass is 10.1. The van der Waals surface area contributed by atoms with Crippen LogP contribution in [0.5, 0.6) is 5.75 Å². The molecule has 0 aliphatic carbocycles. The predicted molar refractivity (Wildman–Crippen MR) is 136 cm³/mol. The smallest absolute Gasteiger partial charge is 0.490 e. The van der Waals surface area contributed by atoms with Gasteiger partial charge in [-0.1, -0.05) is 48.5 Å². The van der Waals surface area contributed by atoms with Gasteiger partial charge in [-0.25, -0.2) is 9.59 Å². The van der Waals surface area contributed by atoms with Gasteiger partial charge in [0, 0.05) is 24.0 Å². The summed E-state index contributed by atoms with van der Waals surface area (Å²) in [7, 11) is 0. The zero-order chi connectivity index (χ0) is 26.7. The Bertz CT molecular complexity index is 1150. The molecule has 196 valence electrons. The number of carbonyl (C=O) groups is 2. The fourth-order valence-electron chi connectivity index (χ4n) is 3.63. The van der Waals surface area contributed by atoms with Gasteiger partial charge >= 0.3 is 18.2 Å².